The Balaban J connectivity index is 2.12. The third kappa shape index (κ3) is 3.79. The van der Waals surface area contributed by atoms with Crippen LogP contribution in [0.1, 0.15) is 24.1 Å². The summed E-state index contributed by atoms with van der Waals surface area (Å²) in [5.74, 6) is 0.719. The number of anilines is 1. The van der Waals surface area contributed by atoms with Crippen LogP contribution in [0.2, 0.25) is 0 Å². The molecule has 2 aromatic rings. The van der Waals surface area contributed by atoms with Gasteiger partial charge in [-0.05, 0) is 56.5 Å². The first kappa shape index (κ1) is 20.4. The van der Waals surface area contributed by atoms with E-state index >= 15 is 0 Å². The topological polar surface area (TPSA) is 86.6 Å². The lowest BCUT2D eigenvalue weighted by molar-refractivity contribution is -0.117. The lowest BCUT2D eigenvalue weighted by Crippen LogP contribution is -2.20. The molecule has 7 nitrogen and oxygen atoms in total. The third-order valence-electron chi connectivity index (χ3n) is 5.12. The van der Waals surface area contributed by atoms with Crippen LogP contribution in [-0.2, 0) is 25.9 Å². The molecule has 1 aromatic carbocycles. The number of hydrogen-bond donors (Lipinski definition) is 1. The van der Waals surface area contributed by atoms with Crippen LogP contribution in [0.15, 0.2) is 34.1 Å². The van der Waals surface area contributed by atoms with Gasteiger partial charge in [-0.15, -0.1) is 0 Å². The number of sulfone groups is 1. The molecular formula is C20H26N2O5S. The second kappa shape index (κ2) is 7.97. The fourth-order valence-electron chi connectivity index (χ4n) is 3.19. The first-order valence-electron chi connectivity index (χ1n) is 9.19. The minimum atomic E-state index is -3.83. The van der Waals surface area contributed by atoms with Crippen molar-refractivity contribution in [3.8, 4) is 5.75 Å². The van der Waals surface area contributed by atoms with Crippen LogP contribution >= 0.6 is 0 Å². The molecule has 1 aromatic heterocycles. The highest BCUT2D eigenvalue weighted by Gasteiger charge is 2.34. The number of amides is 1. The van der Waals surface area contributed by atoms with Crippen molar-refractivity contribution in [1.82, 2.24) is 4.57 Å². The van der Waals surface area contributed by atoms with E-state index in [1.165, 1.54) is 19.2 Å². The van der Waals surface area contributed by atoms with Gasteiger partial charge in [0.15, 0.2) is 0 Å². The number of ether oxygens (including phenoxy) is 2. The number of nitrogens with zero attached hydrogens (tertiary/aromatic N) is 1. The van der Waals surface area contributed by atoms with Gasteiger partial charge in [-0.2, -0.15) is 0 Å². The second-order valence-electron chi connectivity index (χ2n) is 6.98. The van der Waals surface area contributed by atoms with E-state index < -0.39 is 9.84 Å². The lowest BCUT2D eigenvalue weighted by atomic mass is 10.3. The van der Waals surface area contributed by atoms with Gasteiger partial charge in [-0.3, -0.25) is 4.79 Å². The monoisotopic (exact) mass is 406 g/mol. The quantitative estimate of drug-likeness (QED) is 0.728. The lowest BCUT2D eigenvalue weighted by Gasteiger charge is -2.14. The Morgan fingerprint density at radius 2 is 1.82 bits per heavy atom. The fraction of sp³-hybridized carbons (Fsp3) is 0.450. The maximum atomic E-state index is 13.4. The van der Waals surface area contributed by atoms with Gasteiger partial charge in [0.2, 0.25) is 15.7 Å². The van der Waals surface area contributed by atoms with Gasteiger partial charge in [0.1, 0.15) is 16.5 Å². The Bertz CT molecular complexity index is 973. The molecule has 0 saturated heterocycles. The number of aromatic nitrogens is 1. The molecule has 1 heterocycles. The van der Waals surface area contributed by atoms with Gasteiger partial charge in [0.25, 0.3) is 0 Å². The number of benzene rings is 1. The van der Waals surface area contributed by atoms with E-state index in [1.54, 1.807) is 26.2 Å². The average molecular weight is 407 g/mol. The summed E-state index contributed by atoms with van der Waals surface area (Å²) in [4.78, 5) is 12.7. The molecule has 3 rings (SSSR count). The fourth-order valence-corrected chi connectivity index (χ4v) is 4.88. The van der Waals surface area contributed by atoms with E-state index in [0.717, 1.165) is 18.5 Å². The predicted octanol–water partition coefficient (Wildman–Crippen LogP) is 2.94. The summed E-state index contributed by atoms with van der Waals surface area (Å²) >= 11 is 0. The Labute approximate surface area is 165 Å². The summed E-state index contributed by atoms with van der Waals surface area (Å²) in [5, 5.41) is 2.87. The van der Waals surface area contributed by atoms with Crippen LogP contribution in [0.5, 0.6) is 5.75 Å². The van der Waals surface area contributed by atoms with Crippen LogP contribution in [0, 0.1) is 19.8 Å². The SMILES string of the molecule is COCCn1c(C)c(C)c(S(=O)(=O)c2ccc(OC)cc2)c1NC(=O)C1CC1. The largest absolute Gasteiger partial charge is 0.497 e. The van der Waals surface area contributed by atoms with Crippen LogP contribution in [0.3, 0.4) is 0 Å². The smallest absolute Gasteiger partial charge is 0.228 e. The third-order valence-corrected chi connectivity index (χ3v) is 7.05. The highest BCUT2D eigenvalue weighted by Crippen LogP contribution is 2.37. The number of nitrogens with one attached hydrogen (secondary N) is 1. The maximum Gasteiger partial charge on any atom is 0.228 e. The second-order valence-corrected chi connectivity index (χ2v) is 8.86. The molecule has 0 radical (unpaired) electrons. The van der Waals surface area contributed by atoms with E-state index in [-0.39, 0.29) is 21.6 Å². The number of carbonyl (C=O) groups is 1. The average Bonchev–Trinajstić information content (AvgIpc) is 3.49. The van der Waals surface area contributed by atoms with Crippen molar-refractivity contribution in [2.75, 3.05) is 26.1 Å². The van der Waals surface area contributed by atoms with E-state index in [0.29, 0.717) is 30.3 Å². The Kier molecular flexibility index (Phi) is 5.81. The zero-order valence-electron chi connectivity index (χ0n) is 16.6. The van der Waals surface area contributed by atoms with Crippen molar-refractivity contribution < 1.29 is 22.7 Å². The van der Waals surface area contributed by atoms with Crippen LogP contribution in [0.25, 0.3) is 0 Å². The van der Waals surface area contributed by atoms with Crippen molar-refractivity contribution in [1.29, 1.82) is 0 Å². The van der Waals surface area contributed by atoms with Gasteiger partial charge in [0, 0.05) is 25.3 Å². The minimum absolute atomic E-state index is 0.0390. The molecule has 1 saturated carbocycles. The van der Waals surface area contributed by atoms with E-state index in [2.05, 4.69) is 5.32 Å². The molecule has 0 unspecified atom stereocenters. The van der Waals surface area contributed by atoms with Gasteiger partial charge in [0.05, 0.1) is 18.6 Å². The standard InChI is InChI=1S/C20H26N2O5S/c1-13-14(2)22(11-12-26-3)19(21-20(23)15-5-6-15)18(13)28(24,25)17-9-7-16(27-4)8-10-17/h7-10,15H,5-6,11-12H2,1-4H3,(H,21,23). The van der Waals surface area contributed by atoms with Crippen molar-refractivity contribution in [3.63, 3.8) is 0 Å². The van der Waals surface area contributed by atoms with Crippen molar-refractivity contribution in [2.24, 2.45) is 5.92 Å². The normalized spacial score (nSPS) is 14.1. The molecule has 0 bridgehead atoms. The Morgan fingerprint density at radius 1 is 1.18 bits per heavy atom. The number of methoxy groups -OCH3 is 2. The molecule has 1 fully saturated rings. The van der Waals surface area contributed by atoms with Crippen LogP contribution in [0.4, 0.5) is 5.82 Å². The summed E-state index contributed by atoms with van der Waals surface area (Å²) in [6.07, 6.45) is 1.67. The molecule has 0 atom stereocenters. The van der Waals surface area contributed by atoms with E-state index in [4.69, 9.17) is 9.47 Å². The Hall–Kier alpha value is -2.32. The zero-order valence-corrected chi connectivity index (χ0v) is 17.4. The predicted molar refractivity (Wildman–Crippen MR) is 106 cm³/mol. The molecule has 1 amide bonds. The number of carbonyl (C=O) groups excluding carboxylic acids is 1. The molecular weight excluding hydrogens is 380 g/mol. The summed E-state index contributed by atoms with van der Waals surface area (Å²) in [7, 11) is -0.722. The summed E-state index contributed by atoms with van der Waals surface area (Å²) < 4.78 is 39.0. The molecule has 1 N–H and O–H groups in total. The Morgan fingerprint density at radius 3 is 2.36 bits per heavy atom. The minimum Gasteiger partial charge on any atom is -0.497 e. The highest BCUT2D eigenvalue weighted by molar-refractivity contribution is 7.91. The molecule has 0 aliphatic heterocycles. The molecule has 1 aliphatic rings. The van der Waals surface area contributed by atoms with Crippen LogP contribution < -0.4 is 10.1 Å². The van der Waals surface area contributed by atoms with Gasteiger partial charge < -0.3 is 19.4 Å². The van der Waals surface area contributed by atoms with Gasteiger partial charge in [-0.1, -0.05) is 0 Å². The zero-order chi connectivity index (χ0) is 20.5. The van der Waals surface area contributed by atoms with Crippen molar-refractivity contribution >= 4 is 21.6 Å². The van der Waals surface area contributed by atoms with E-state index in [1.807, 2.05) is 11.5 Å². The summed E-state index contributed by atoms with van der Waals surface area (Å²) in [6, 6.07) is 6.25. The first-order chi connectivity index (χ1) is 13.3. The summed E-state index contributed by atoms with van der Waals surface area (Å²) in [6.45, 7) is 4.47. The number of hydrogen-bond acceptors (Lipinski definition) is 5. The highest BCUT2D eigenvalue weighted by atomic mass is 32.2. The maximum absolute atomic E-state index is 13.4. The van der Waals surface area contributed by atoms with E-state index in [9.17, 15) is 13.2 Å². The molecule has 8 heteroatoms. The molecule has 152 valence electrons. The molecule has 1 aliphatic carbocycles. The van der Waals surface area contributed by atoms with Crippen molar-refractivity contribution in [3.05, 3.63) is 35.5 Å². The first-order valence-corrected chi connectivity index (χ1v) is 10.7. The summed E-state index contributed by atoms with van der Waals surface area (Å²) in [5.41, 5.74) is 1.41. The number of rotatable bonds is 8. The van der Waals surface area contributed by atoms with Crippen molar-refractivity contribution in [2.45, 2.75) is 43.0 Å². The molecule has 28 heavy (non-hydrogen) atoms. The van der Waals surface area contributed by atoms with Crippen LogP contribution in [-0.4, -0.2) is 39.7 Å². The molecule has 0 spiro atoms. The van der Waals surface area contributed by atoms with Gasteiger partial charge >= 0.3 is 0 Å². The van der Waals surface area contributed by atoms with Gasteiger partial charge in [-0.25, -0.2) is 8.42 Å².